The summed E-state index contributed by atoms with van der Waals surface area (Å²) >= 11 is 3.37. The van der Waals surface area contributed by atoms with Crippen LogP contribution in [0.2, 0.25) is 0 Å². The first-order valence-electron chi connectivity index (χ1n) is 5.01. The van der Waals surface area contributed by atoms with Crippen molar-refractivity contribution in [3.8, 4) is 0 Å². The molecule has 0 aliphatic heterocycles. The summed E-state index contributed by atoms with van der Waals surface area (Å²) in [6.07, 6.45) is 3.60. The molecule has 2 heterocycles. The summed E-state index contributed by atoms with van der Waals surface area (Å²) in [6.45, 7) is 2.73. The predicted octanol–water partition coefficient (Wildman–Crippen LogP) is 3.16. The number of anilines is 1. The number of nitrogens with one attached hydrogen (secondary N) is 1. The molecular formula is C12H12BrN3. The van der Waals surface area contributed by atoms with Crippen molar-refractivity contribution in [1.29, 1.82) is 0 Å². The third-order valence-corrected chi connectivity index (χ3v) is 3.04. The van der Waals surface area contributed by atoms with Crippen molar-refractivity contribution >= 4 is 21.6 Å². The quantitative estimate of drug-likeness (QED) is 0.876. The number of hydrogen-bond donors (Lipinski definition) is 1. The van der Waals surface area contributed by atoms with Crippen LogP contribution in [0.25, 0.3) is 0 Å². The molecule has 0 spiro atoms. The summed E-state index contributed by atoms with van der Waals surface area (Å²) in [5.41, 5.74) is 3.14. The molecule has 0 unspecified atom stereocenters. The fourth-order valence-corrected chi connectivity index (χ4v) is 1.57. The smallest absolute Gasteiger partial charge is 0.109 e. The van der Waals surface area contributed by atoms with Gasteiger partial charge < -0.3 is 5.32 Å². The summed E-state index contributed by atoms with van der Waals surface area (Å²) in [6, 6.07) is 7.94. The number of hydrogen-bond acceptors (Lipinski definition) is 3. The molecule has 2 aromatic heterocycles. The van der Waals surface area contributed by atoms with Gasteiger partial charge in [-0.25, -0.2) is 4.98 Å². The van der Waals surface area contributed by atoms with E-state index in [-0.39, 0.29) is 0 Å². The summed E-state index contributed by atoms with van der Waals surface area (Å²) in [5.74, 6) is 0. The monoisotopic (exact) mass is 277 g/mol. The Kier molecular flexibility index (Phi) is 3.51. The van der Waals surface area contributed by atoms with E-state index in [0.717, 1.165) is 21.5 Å². The first kappa shape index (κ1) is 11.1. The van der Waals surface area contributed by atoms with Crippen LogP contribution in [0.15, 0.2) is 41.3 Å². The Morgan fingerprint density at radius 2 is 2.19 bits per heavy atom. The van der Waals surface area contributed by atoms with Crippen molar-refractivity contribution in [3.05, 3.63) is 52.5 Å². The van der Waals surface area contributed by atoms with Gasteiger partial charge in [-0.15, -0.1) is 0 Å². The van der Waals surface area contributed by atoms with Gasteiger partial charge in [-0.2, -0.15) is 0 Å². The van der Waals surface area contributed by atoms with Crippen molar-refractivity contribution in [2.45, 2.75) is 13.5 Å². The van der Waals surface area contributed by atoms with Gasteiger partial charge in [0.25, 0.3) is 0 Å². The molecule has 2 aromatic rings. The van der Waals surface area contributed by atoms with Crippen LogP contribution in [-0.4, -0.2) is 9.97 Å². The molecular weight excluding hydrogens is 266 g/mol. The van der Waals surface area contributed by atoms with Gasteiger partial charge in [0.15, 0.2) is 0 Å². The highest BCUT2D eigenvalue weighted by Gasteiger charge is 1.98. The molecule has 16 heavy (non-hydrogen) atoms. The third kappa shape index (κ3) is 2.79. The zero-order valence-electron chi connectivity index (χ0n) is 8.94. The number of nitrogens with zero attached hydrogens (tertiary/aromatic N) is 2. The van der Waals surface area contributed by atoms with Crippen LogP contribution >= 0.6 is 15.9 Å². The molecule has 0 bridgehead atoms. The van der Waals surface area contributed by atoms with Gasteiger partial charge in [0.1, 0.15) is 4.60 Å². The molecule has 82 valence electrons. The van der Waals surface area contributed by atoms with Gasteiger partial charge >= 0.3 is 0 Å². The summed E-state index contributed by atoms with van der Waals surface area (Å²) in [4.78, 5) is 8.47. The number of halogens is 1. The van der Waals surface area contributed by atoms with Crippen LogP contribution in [0.5, 0.6) is 0 Å². The molecule has 0 radical (unpaired) electrons. The average Bonchev–Trinajstić information content (AvgIpc) is 2.32. The molecule has 0 aromatic carbocycles. The van der Waals surface area contributed by atoms with Gasteiger partial charge in [-0.1, -0.05) is 6.07 Å². The second kappa shape index (κ2) is 5.07. The number of aromatic nitrogens is 2. The van der Waals surface area contributed by atoms with Crippen LogP contribution in [0.1, 0.15) is 11.3 Å². The van der Waals surface area contributed by atoms with E-state index in [4.69, 9.17) is 0 Å². The minimum Gasteiger partial charge on any atom is -0.378 e. The molecule has 0 aliphatic carbocycles. The van der Waals surface area contributed by atoms with Crippen molar-refractivity contribution in [3.63, 3.8) is 0 Å². The first-order chi connectivity index (χ1) is 7.75. The minimum atomic E-state index is 0.712. The third-order valence-electron chi connectivity index (χ3n) is 2.21. The molecule has 0 amide bonds. The standard InChI is InChI=1S/C12H12BrN3/c1-9-6-11(8-16-12(9)13)15-7-10-4-2-3-5-14-10/h2-6,8,15H,7H2,1H3. The molecule has 0 saturated carbocycles. The van der Waals surface area contributed by atoms with E-state index in [1.54, 1.807) is 12.4 Å². The highest BCUT2D eigenvalue weighted by atomic mass is 79.9. The summed E-state index contributed by atoms with van der Waals surface area (Å²) < 4.78 is 0.885. The Morgan fingerprint density at radius 3 is 2.88 bits per heavy atom. The predicted molar refractivity (Wildman–Crippen MR) is 68.2 cm³/mol. The highest BCUT2D eigenvalue weighted by molar-refractivity contribution is 9.10. The zero-order chi connectivity index (χ0) is 11.4. The number of pyridine rings is 2. The van der Waals surface area contributed by atoms with Crippen LogP contribution in [0, 0.1) is 6.92 Å². The number of aryl methyl sites for hydroxylation is 1. The molecule has 2 rings (SSSR count). The molecule has 0 saturated heterocycles. The lowest BCUT2D eigenvalue weighted by molar-refractivity contribution is 1.04. The Labute approximate surface area is 103 Å². The van der Waals surface area contributed by atoms with Crippen molar-refractivity contribution < 1.29 is 0 Å². The average molecular weight is 278 g/mol. The van der Waals surface area contributed by atoms with Crippen molar-refractivity contribution in [1.82, 2.24) is 9.97 Å². The SMILES string of the molecule is Cc1cc(NCc2ccccn2)cnc1Br. The largest absolute Gasteiger partial charge is 0.378 e. The lowest BCUT2D eigenvalue weighted by Gasteiger charge is -2.06. The van der Waals surface area contributed by atoms with E-state index in [9.17, 15) is 0 Å². The topological polar surface area (TPSA) is 37.8 Å². The Bertz CT molecular complexity index is 471. The molecule has 0 atom stereocenters. The maximum Gasteiger partial charge on any atom is 0.109 e. The molecule has 3 nitrogen and oxygen atoms in total. The number of rotatable bonds is 3. The highest BCUT2D eigenvalue weighted by Crippen LogP contribution is 2.16. The molecule has 0 aliphatic rings. The van der Waals surface area contributed by atoms with E-state index < -0.39 is 0 Å². The van der Waals surface area contributed by atoms with E-state index >= 15 is 0 Å². The van der Waals surface area contributed by atoms with Gasteiger partial charge in [0.2, 0.25) is 0 Å². The maximum absolute atomic E-state index is 4.24. The van der Waals surface area contributed by atoms with Crippen LogP contribution in [0.4, 0.5) is 5.69 Å². The van der Waals surface area contributed by atoms with Crippen LogP contribution in [0.3, 0.4) is 0 Å². The van der Waals surface area contributed by atoms with E-state index in [1.165, 1.54) is 0 Å². The Balaban J connectivity index is 2.03. The second-order valence-electron chi connectivity index (χ2n) is 3.51. The molecule has 1 N–H and O–H groups in total. The first-order valence-corrected chi connectivity index (χ1v) is 5.81. The van der Waals surface area contributed by atoms with E-state index in [1.807, 2.05) is 25.1 Å². The Hall–Kier alpha value is -1.42. The maximum atomic E-state index is 4.24. The normalized spacial score (nSPS) is 10.1. The van der Waals surface area contributed by atoms with Gasteiger partial charge in [-0.05, 0) is 46.6 Å². The lowest BCUT2D eigenvalue weighted by Crippen LogP contribution is -2.01. The van der Waals surface area contributed by atoms with Gasteiger partial charge in [0, 0.05) is 6.20 Å². The molecule has 0 fully saturated rings. The fourth-order valence-electron chi connectivity index (χ4n) is 1.35. The van der Waals surface area contributed by atoms with Crippen LogP contribution in [-0.2, 0) is 6.54 Å². The van der Waals surface area contributed by atoms with Crippen LogP contribution < -0.4 is 5.32 Å². The fraction of sp³-hybridized carbons (Fsp3) is 0.167. The van der Waals surface area contributed by atoms with Crippen molar-refractivity contribution in [2.75, 3.05) is 5.32 Å². The Morgan fingerprint density at radius 1 is 1.31 bits per heavy atom. The lowest BCUT2D eigenvalue weighted by atomic mass is 10.3. The van der Waals surface area contributed by atoms with Gasteiger partial charge in [0.05, 0.1) is 24.1 Å². The summed E-state index contributed by atoms with van der Waals surface area (Å²) in [7, 11) is 0. The van der Waals surface area contributed by atoms with Crippen molar-refractivity contribution in [2.24, 2.45) is 0 Å². The van der Waals surface area contributed by atoms with E-state index in [0.29, 0.717) is 6.54 Å². The minimum absolute atomic E-state index is 0.712. The zero-order valence-corrected chi connectivity index (χ0v) is 10.5. The summed E-state index contributed by atoms with van der Waals surface area (Å²) in [5, 5.41) is 3.28. The van der Waals surface area contributed by atoms with Gasteiger partial charge in [-0.3, -0.25) is 4.98 Å². The second-order valence-corrected chi connectivity index (χ2v) is 4.26. The van der Waals surface area contributed by atoms with E-state index in [2.05, 4.69) is 37.3 Å². The molecule has 4 heteroatoms.